The number of likely N-dealkylation sites (tertiary alicyclic amines) is 1. The topological polar surface area (TPSA) is 91.3 Å². The normalized spacial score (nSPS) is 29.0. The molecule has 4 atom stereocenters. The van der Waals surface area contributed by atoms with Crippen molar-refractivity contribution in [3.63, 3.8) is 0 Å². The Labute approximate surface area is 177 Å². The highest BCUT2D eigenvalue weighted by molar-refractivity contribution is 5.77. The lowest BCUT2D eigenvalue weighted by Gasteiger charge is -2.51. The minimum Gasteiger partial charge on any atom is -0.493 e. The average molecular weight is 418 g/mol. The fourth-order valence-electron chi connectivity index (χ4n) is 5.33. The van der Waals surface area contributed by atoms with E-state index in [2.05, 4.69) is 17.1 Å². The summed E-state index contributed by atoms with van der Waals surface area (Å²) < 4.78 is 11.0. The summed E-state index contributed by atoms with van der Waals surface area (Å²) in [5, 5.41) is 12.2. The minimum atomic E-state index is -1.04. The molecule has 2 saturated heterocycles. The van der Waals surface area contributed by atoms with E-state index in [1.165, 1.54) is 5.56 Å². The van der Waals surface area contributed by atoms with Crippen LogP contribution >= 0.6 is 0 Å². The van der Waals surface area contributed by atoms with Gasteiger partial charge in [-0.15, -0.1) is 0 Å². The number of hydrogen-bond acceptors (Lipinski definition) is 5. The molecule has 8 heteroatoms. The smallest absolute Gasteiger partial charge is 0.404 e. The first-order chi connectivity index (χ1) is 14.4. The van der Waals surface area contributed by atoms with Gasteiger partial charge < -0.3 is 24.8 Å². The monoisotopic (exact) mass is 417 g/mol. The number of amides is 2. The zero-order chi connectivity index (χ0) is 21.4. The van der Waals surface area contributed by atoms with E-state index in [-0.39, 0.29) is 24.0 Å². The highest BCUT2D eigenvalue weighted by Gasteiger charge is 2.44. The number of nitrogens with zero attached hydrogens (tertiary/aromatic N) is 2. The van der Waals surface area contributed by atoms with Crippen LogP contribution in [0.2, 0.25) is 0 Å². The Morgan fingerprint density at radius 2 is 1.90 bits per heavy atom. The predicted octanol–water partition coefficient (Wildman–Crippen LogP) is 2.27. The van der Waals surface area contributed by atoms with E-state index in [0.29, 0.717) is 43.3 Å². The first-order valence-corrected chi connectivity index (χ1v) is 10.7. The second-order valence-corrected chi connectivity index (χ2v) is 8.72. The van der Waals surface area contributed by atoms with Gasteiger partial charge in [0.25, 0.3) is 0 Å². The van der Waals surface area contributed by atoms with Gasteiger partial charge in [0.2, 0.25) is 5.91 Å². The molecule has 3 aliphatic rings. The second-order valence-electron chi connectivity index (χ2n) is 8.72. The molecule has 2 fully saturated rings. The van der Waals surface area contributed by atoms with Gasteiger partial charge >= 0.3 is 6.09 Å². The van der Waals surface area contributed by atoms with Crippen LogP contribution in [0.1, 0.15) is 43.4 Å². The summed E-state index contributed by atoms with van der Waals surface area (Å²) >= 11 is 0. The summed E-state index contributed by atoms with van der Waals surface area (Å²) in [4.78, 5) is 28.6. The largest absolute Gasteiger partial charge is 0.493 e. The molecule has 4 rings (SSSR count). The maximum absolute atomic E-state index is 12.7. The molecule has 8 nitrogen and oxygen atoms in total. The predicted molar refractivity (Wildman–Crippen MR) is 111 cm³/mol. The van der Waals surface area contributed by atoms with Crippen molar-refractivity contribution in [3.05, 3.63) is 23.3 Å². The average Bonchev–Trinajstić information content (AvgIpc) is 2.73. The molecule has 2 amide bonds. The lowest BCUT2D eigenvalue weighted by atomic mass is 9.81. The molecule has 1 aromatic rings. The van der Waals surface area contributed by atoms with E-state index in [9.17, 15) is 14.7 Å². The van der Waals surface area contributed by atoms with Gasteiger partial charge in [0.15, 0.2) is 11.5 Å². The Morgan fingerprint density at radius 1 is 1.17 bits per heavy atom. The van der Waals surface area contributed by atoms with Crippen LogP contribution < -0.4 is 14.8 Å². The maximum Gasteiger partial charge on any atom is 0.404 e. The molecule has 164 valence electrons. The Bertz CT molecular complexity index is 829. The number of nitrogens with one attached hydrogen (secondary N) is 1. The van der Waals surface area contributed by atoms with Crippen molar-refractivity contribution in [3.8, 4) is 11.5 Å². The zero-order valence-electron chi connectivity index (χ0n) is 17.9. The lowest BCUT2D eigenvalue weighted by Crippen LogP contribution is -2.64. The molecule has 0 aliphatic carbocycles. The molecular formula is C22H31N3O5. The van der Waals surface area contributed by atoms with E-state index in [0.717, 1.165) is 24.9 Å². The molecule has 3 aliphatic heterocycles. The molecule has 30 heavy (non-hydrogen) atoms. The number of benzene rings is 1. The molecule has 4 unspecified atom stereocenters. The number of carboxylic acid groups (broad SMARTS) is 1. The summed E-state index contributed by atoms with van der Waals surface area (Å²) in [5.41, 5.74) is 2.37. The number of methoxy groups -OCH3 is 2. The Balaban J connectivity index is 1.65. The Hall–Kier alpha value is -2.48. The Kier molecular flexibility index (Phi) is 5.77. The van der Waals surface area contributed by atoms with Crippen LogP contribution in [0.25, 0.3) is 0 Å². The maximum atomic E-state index is 12.7. The molecule has 0 spiro atoms. The van der Waals surface area contributed by atoms with Crippen molar-refractivity contribution in [2.75, 3.05) is 33.9 Å². The molecule has 1 aromatic carbocycles. The van der Waals surface area contributed by atoms with E-state index < -0.39 is 6.09 Å². The first kappa shape index (κ1) is 20.8. The third kappa shape index (κ3) is 3.80. The van der Waals surface area contributed by atoms with Crippen LogP contribution in [0, 0.1) is 5.92 Å². The first-order valence-electron chi connectivity index (χ1n) is 10.7. The number of hydrogen-bond donors (Lipinski definition) is 2. The van der Waals surface area contributed by atoms with E-state index in [1.807, 2.05) is 17.0 Å². The molecule has 2 N–H and O–H groups in total. The third-order valence-electron chi connectivity index (χ3n) is 6.87. The molecular weight excluding hydrogens is 386 g/mol. The summed E-state index contributed by atoms with van der Waals surface area (Å²) in [6.07, 6.45) is 1.92. The highest BCUT2D eigenvalue weighted by atomic mass is 16.5. The summed E-state index contributed by atoms with van der Waals surface area (Å²) in [5.74, 6) is 1.97. The van der Waals surface area contributed by atoms with E-state index in [4.69, 9.17) is 9.47 Å². The zero-order valence-corrected chi connectivity index (χ0v) is 17.9. The van der Waals surface area contributed by atoms with Crippen molar-refractivity contribution >= 4 is 12.0 Å². The van der Waals surface area contributed by atoms with Gasteiger partial charge in [0, 0.05) is 32.1 Å². The van der Waals surface area contributed by atoms with Crippen LogP contribution in [0.5, 0.6) is 11.5 Å². The summed E-state index contributed by atoms with van der Waals surface area (Å²) in [7, 11) is 3.26. The lowest BCUT2D eigenvalue weighted by molar-refractivity contribution is -0.140. The van der Waals surface area contributed by atoms with Crippen LogP contribution in [0.15, 0.2) is 12.1 Å². The standard InChI is InChI=1S/C22H31N3O5/c1-13-4-5-21(26)25(11-13)18-12-24-7-6-14-8-19(29-2)20(30-3)9-15(14)17(24)10-16(18)23-22(27)28/h8-9,13,16-18,23H,4-7,10-12H2,1-3H3,(H,27,28). The molecule has 0 bridgehead atoms. The third-order valence-corrected chi connectivity index (χ3v) is 6.87. The number of piperidine rings is 2. The van der Waals surface area contributed by atoms with Gasteiger partial charge in [-0.3, -0.25) is 9.69 Å². The Morgan fingerprint density at radius 3 is 2.60 bits per heavy atom. The van der Waals surface area contributed by atoms with Gasteiger partial charge in [-0.2, -0.15) is 0 Å². The summed E-state index contributed by atoms with van der Waals surface area (Å²) in [6.45, 7) is 4.39. The SMILES string of the molecule is COc1cc2c(cc1OC)C1CC(NC(=O)O)C(N3CC(C)CCC3=O)CN1CC2. The minimum absolute atomic E-state index is 0.0824. The fourth-order valence-corrected chi connectivity index (χ4v) is 5.33. The van der Waals surface area contributed by atoms with Crippen molar-refractivity contribution in [1.82, 2.24) is 15.1 Å². The van der Waals surface area contributed by atoms with Gasteiger partial charge in [-0.1, -0.05) is 6.92 Å². The number of fused-ring (bicyclic) bond motifs is 3. The van der Waals surface area contributed by atoms with Crippen LogP contribution in [-0.2, 0) is 11.2 Å². The van der Waals surface area contributed by atoms with Crippen molar-refractivity contribution in [2.45, 2.75) is 50.7 Å². The van der Waals surface area contributed by atoms with Crippen LogP contribution in [0.4, 0.5) is 4.79 Å². The molecule has 0 aromatic heterocycles. The van der Waals surface area contributed by atoms with E-state index in [1.54, 1.807) is 14.2 Å². The quantitative estimate of drug-likeness (QED) is 0.781. The summed E-state index contributed by atoms with van der Waals surface area (Å²) in [6, 6.07) is 3.69. The van der Waals surface area contributed by atoms with Crippen molar-refractivity contribution in [2.24, 2.45) is 5.92 Å². The van der Waals surface area contributed by atoms with Crippen LogP contribution in [-0.4, -0.2) is 72.8 Å². The van der Waals surface area contributed by atoms with Gasteiger partial charge in [-0.05, 0) is 48.4 Å². The van der Waals surface area contributed by atoms with Gasteiger partial charge in [-0.25, -0.2) is 4.79 Å². The second kappa shape index (κ2) is 8.34. The number of rotatable bonds is 4. The van der Waals surface area contributed by atoms with E-state index >= 15 is 0 Å². The van der Waals surface area contributed by atoms with Gasteiger partial charge in [0.1, 0.15) is 0 Å². The van der Waals surface area contributed by atoms with Crippen molar-refractivity contribution < 1.29 is 24.2 Å². The highest BCUT2D eigenvalue weighted by Crippen LogP contribution is 2.42. The number of ether oxygens (including phenoxy) is 2. The van der Waals surface area contributed by atoms with Crippen molar-refractivity contribution in [1.29, 1.82) is 0 Å². The van der Waals surface area contributed by atoms with Crippen LogP contribution in [0.3, 0.4) is 0 Å². The number of carbonyl (C=O) groups excluding carboxylic acids is 1. The molecule has 0 radical (unpaired) electrons. The molecule has 0 saturated carbocycles. The number of carbonyl (C=O) groups is 2. The van der Waals surface area contributed by atoms with Gasteiger partial charge in [0.05, 0.1) is 26.3 Å². The molecule has 3 heterocycles. The fraction of sp³-hybridized carbons (Fsp3) is 0.636.